The molecule has 2 rings (SSSR count). The van der Waals surface area contributed by atoms with Gasteiger partial charge in [-0.25, -0.2) is 0 Å². The van der Waals surface area contributed by atoms with Crippen molar-refractivity contribution in [2.75, 3.05) is 11.9 Å². The van der Waals surface area contributed by atoms with Crippen molar-refractivity contribution in [3.8, 4) is 5.75 Å². The third-order valence-corrected chi connectivity index (χ3v) is 3.67. The summed E-state index contributed by atoms with van der Waals surface area (Å²) in [5, 5.41) is 2.92. The van der Waals surface area contributed by atoms with Crippen LogP contribution in [0.2, 0.25) is 0 Å². The molecule has 0 aliphatic heterocycles. The summed E-state index contributed by atoms with van der Waals surface area (Å²) in [7, 11) is 0. The van der Waals surface area contributed by atoms with E-state index in [9.17, 15) is 9.59 Å². The second kappa shape index (κ2) is 7.08. The van der Waals surface area contributed by atoms with Crippen molar-refractivity contribution in [3.63, 3.8) is 0 Å². The number of benzene rings is 1. The summed E-state index contributed by atoms with van der Waals surface area (Å²) < 4.78 is 5.49. The quantitative estimate of drug-likeness (QED) is 0.838. The van der Waals surface area contributed by atoms with E-state index in [2.05, 4.69) is 5.32 Å². The molecular formula is C16H21NO3. The zero-order valence-electron chi connectivity index (χ0n) is 11.9. The van der Waals surface area contributed by atoms with Crippen LogP contribution in [0.5, 0.6) is 5.75 Å². The number of carbonyl (C=O) groups excluding carboxylic acids is 2. The average molecular weight is 275 g/mol. The summed E-state index contributed by atoms with van der Waals surface area (Å²) in [5.74, 6) is 0.731. The summed E-state index contributed by atoms with van der Waals surface area (Å²) >= 11 is 0. The van der Waals surface area contributed by atoms with Crippen LogP contribution in [0, 0.1) is 5.92 Å². The molecule has 1 amide bonds. The third kappa shape index (κ3) is 3.59. The monoisotopic (exact) mass is 275 g/mol. The maximum Gasteiger partial charge on any atom is 0.227 e. The van der Waals surface area contributed by atoms with Crippen molar-refractivity contribution in [2.24, 2.45) is 5.92 Å². The first-order valence-electron chi connectivity index (χ1n) is 7.27. The number of amides is 1. The highest BCUT2D eigenvalue weighted by Gasteiger charge is 2.22. The Morgan fingerprint density at radius 1 is 1.35 bits per heavy atom. The number of hydrogen-bond donors (Lipinski definition) is 1. The van der Waals surface area contributed by atoms with Crippen LogP contribution in [0.4, 0.5) is 5.69 Å². The molecule has 1 saturated carbocycles. The molecule has 1 N–H and O–H groups in total. The summed E-state index contributed by atoms with van der Waals surface area (Å²) in [6, 6.07) is 5.08. The van der Waals surface area contributed by atoms with Crippen molar-refractivity contribution >= 4 is 17.9 Å². The summed E-state index contributed by atoms with van der Waals surface area (Å²) in [4.78, 5) is 23.1. The first kappa shape index (κ1) is 14.6. The van der Waals surface area contributed by atoms with Crippen LogP contribution in [-0.4, -0.2) is 18.8 Å². The Balaban J connectivity index is 2.13. The fourth-order valence-electron chi connectivity index (χ4n) is 2.60. The van der Waals surface area contributed by atoms with Gasteiger partial charge in [-0.05, 0) is 38.0 Å². The Morgan fingerprint density at radius 2 is 2.10 bits per heavy atom. The molecule has 1 aliphatic carbocycles. The predicted octanol–water partition coefficient (Wildman–Crippen LogP) is 3.42. The molecule has 4 heteroatoms. The van der Waals surface area contributed by atoms with Crippen LogP contribution >= 0.6 is 0 Å². The number of anilines is 1. The van der Waals surface area contributed by atoms with Crippen molar-refractivity contribution in [3.05, 3.63) is 23.8 Å². The zero-order valence-corrected chi connectivity index (χ0v) is 11.9. The van der Waals surface area contributed by atoms with Crippen molar-refractivity contribution in [2.45, 2.75) is 39.0 Å². The highest BCUT2D eigenvalue weighted by Crippen LogP contribution is 2.29. The van der Waals surface area contributed by atoms with Gasteiger partial charge in [0.25, 0.3) is 0 Å². The fraction of sp³-hybridized carbons (Fsp3) is 0.500. The zero-order chi connectivity index (χ0) is 14.4. The molecule has 0 atom stereocenters. The normalized spacial score (nSPS) is 15.7. The number of hydrogen-bond acceptors (Lipinski definition) is 3. The maximum absolute atomic E-state index is 12.3. The number of rotatable bonds is 5. The molecular weight excluding hydrogens is 254 g/mol. The van der Waals surface area contributed by atoms with Gasteiger partial charge >= 0.3 is 0 Å². The lowest BCUT2D eigenvalue weighted by Crippen LogP contribution is -2.25. The van der Waals surface area contributed by atoms with E-state index < -0.39 is 0 Å². The molecule has 0 saturated heterocycles. The van der Waals surface area contributed by atoms with Crippen LogP contribution < -0.4 is 10.1 Å². The molecule has 1 aromatic carbocycles. The van der Waals surface area contributed by atoms with Crippen LogP contribution in [0.15, 0.2) is 18.2 Å². The lowest BCUT2D eigenvalue weighted by molar-refractivity contribution is -0.120. The topological polar surface area (TPSA) is 55.4 Å². The van der Waals surface area contributed by atoms with Crippen molar-refractivity contribution in [1.82, 2.24) is 0 Å². The van der Waals surface area contributed by atoms with E-state index in [1.807, 2.05) is 6.92 Å². The molecule has 0 heterocycles. The molecule has 1 aliphatic rings. The average Bonchev–Trinajstić information content (AvgIpc) is 2.50. The van der Waals surface area contributed by atoms with E-state index in [1.54, 1.807) is 18.2 Å². The second-order valence-corrected chi connectivity index (χ2v) is 5.13. The van der Waals surface area contributed by atoms with Gasteiger partial charge in [0.15, 0.2) is 0 Å². The number of ether oxygens (including phenoxy) is 1. The molecule has 0 bridgehead atoms. The Kier molecular flexibility index (Phi) is 5.16. The van der Waals surface area contributed by atoms with E-state index in [0.717, 1.165) is 32.0 Å². The van der Waals surface area contributed by atoms with Gasteiger partial charge in [0.1, 0.15) is 12.0 Å². The fourth-order valence-corrected chi connectivity index (χ4v) is 2.60. The van der Waals surface area contributed by atoms with E-state index in [0.29, 0.717) is 23.6 Å². The van der Waals surface area contributed by atoms with Gasteiger partial charge in [-0.3, -0.25) is 9.59 Å². The molecule has 4 nitrogen and oxygen atoms in total. The van der Waals surface area contributed by atoms with Gasteiger partial charge in [0.2, 0.25) is 5.91 Å². The first-order valence-corrected chi connectivity index (χ1v) is 7.27. The van der Waals surface area contributed by atoms with Crippen molar-refractivity contribution in [1.29, 1.82) is 0 Å². The molecule has 0 unspecified atom stereocenters. The van der Waals surface area contributed by atoms with Crippen LogP contribution in [0.1, 0.15) is 49.4 Å². The van der Waals surface area contributed by atoms with Gasteiger partial charge in [0, 0.05) is 11.5 Å². The number of carbonyl (C=O) groups is 2. The Morgan fingerprint density at radius 3 is 2.75 bits per heavy atom. The minimum atomic E-state index is 0.0358. The largest absolute Gasteiger partial charge is 0.492 e. The van der Waals surface area contributed by atoms with Gasteiger partial charge in [0.05, 0.1) is 12.3 Å². The third-order valence-electron chi connectivity index (χ3n) is 3.67. The highest BCUT2D eigenvalue weighted by atomic mass is 16.5. The van der Waals surface area contributed by atoms with Gasteiger partial charge < -0.3 is 10.1 Å². The Labute approximate surface area is 119 Å². The number of aldehydes is 1. The van der Waals surface area contributed by atoms with Crippen LogP contribution in [0.3, 0.4) is 0 Å². The smallest absolute Gasteiger partial charge is 0.227 e. The SMILES string of the molecule is CCOc1ccc(C=O)cc1NC(=O)C1CCCCC1. The number of nitrogens with one attached hydrogen (secondary N) is 1. The Bertz CT molecular complexity index is 479. The van der Waals surface area contributed by atoms with E-state index in [4.69, 9.17) is 4.74 Å². The van der Waals surface area contributed by atoms with Gasteiger partial charge in [-0.15, -0.1) is 0 Å². The van der Waals surface area contributed by atoms with E-state index >= 15 is 0 Å². The van der Waals surface area contributed by atoms with E-state index in [-0.39, 0.29) is 11.8 Å². The first-order chi connectivity index (χ1) is 9.74. The van der Waals surface area contributed by atoms with Crippen LogP contribution in [0.25, 0.3) is 0 Å². The minimum absolute atomic E-state index is 0.0358. The standard InChI is InChI=1S/C16H21NO3/c1-2-20-15-9-8-12(11-18)10-14(15)17-16(19)13-6-4-3-5-7-13/h8-11,13H,2-7H2,1H3,(H,17,19). The van der Waals surface area contributed by atoms with Gasteiger partial charge in [-0.2, -0.15) is 0 Å². The molecule has 0 aromatic heterocycles. The molecule has 20 heavy (non-hydrogen) atoms. The lowest BCUT2D eigenvalue weighted by Gasteiger charge is -2.21. The summed E-state index contributed by atoms with van der Waals surface area (Å²) in [5.41, 5.74) is 1.12. The minimum Gasteiger partial charge on any atom is -0.492 e. The highest BCUT2D eigenvalue weighted by molar-refractivity contribution is 5.95. The molecule has 0 spiro atoms. The maximum atomic E-state index is 12.3. The summed E-state index contributed by atoms with van der Waals surface area (Å²) in [6.07, 6.45) is 6.11. The second-order valence-electron chi connectivity index (χ2n) is 5.13. The predicted molar refractivity (Wildman–Crippen MR) is 78.2 cm³/mol. The Hall–Kier alpha value is -1.84. The summed E-state index contributed by atoms with van der Waals surface area (Å²) in [6.45, 7) is 2.41. The van der Waals surface area contributed by atoms with Crippen molar-refractivity contribution < 1.29 is 14.3 Å². The lowest BCUT2D eigenvalue weighted by atomic mass is 9.88. The molecule has 1 aromatic rings. The molecule has 108 valence electrons. The molecule has 1 fully saturated rings. The van der Waals surface area contributed by atoms with Gasteiger partial charge in [-0.1, -0.05) is 19.3 Å². The van der Waals surface area contributed by atoms with E-state index in [1.165, 1.54) is 6.42 Å². The van der Waals surface area contributed by atoms with Crippen LogP contribution in [-0.2, 0) is 4.79 Å². The molecule has 0 radical (unpaired) electrons.